The highest BCUT2D eigenvalue weighted by molar-refractivity contribution is 7.89. The smallest absolute Gasteiger partial charge is 0.262 e. The standard InChI is InChI=1S/C25H32FN3O5S/c1-18-16-21(12-13-22(18)26)35(31,32)28-24(25(30)27-34-23-11-5-6-15-33-23)19-8-7-14-29(17-19)20-9-3-2-4-10-20/h2-4,9-10,12-13,16,19,23-24,28H,5-8,11,14-15,17H2,1H3,(H,27,30). The molecule has 0 bridgehead atoms. The Morgan fingerprint density at radius 3 is 2.66 bits per heavy atom. The van der Waals surface area contributed by atoms with Crippen LogP contribution in [0.15, 0.2) is 53.4 Å². The molecule has 3 unspecified atom stereocenters. The van der Waals surface area contributed by atoms with E-state index in [1.54, 1.807) is 0 Å². The molecule has 0 aliphatic carbocycles. The number of sulfonamides is 1. The Morgan fingerprint density at radius 1 is 1.14 bits per heavy atom. The number of amides is 1. The van der Waals surface area contributed by atoms with E-state index in [4.69, 9.17) is 9.57 Å². The number of halogens is 1. The maximum Gasteiger partial charge on any atom is 0.262 e. The van der Waals surface area contributed by atoms with Crippen molar-refractivity contribution >= 4 is 21.6 Å². The largest absolute Gasteiger partial charge is 0.371 e. The van der Waals surface area contributed by atoms with E-state index in [0.717, 1.165) is 37.6 Å². The number of nitrogens with one attached hydrogen (secondary N) is 2. The van der Waals surface area contributed by atoms with Crippen molar-refractivity contribution in [2.45, 2.75) is 56.3 Å². The van der Waals surface area contributed by atoms with Gasteiger partial charge in [-0.05, 0) is 68.5 Å². The van der Waals surface area contributed by atoms with E-state index in [1.807, 2.05) is 30.3 Å². The maximum atomic E-state index is 13.7. The number of piperidine rings is 1. The van der Waals surface area contributed by atoms with Crippen LogP contribution < -0.4 is 15.1 Å². The fourth-order valence-corrected chi connectivity index (χ4v) is 5.88. The minimum absolute atomic E-state index is 0.0959. The van der Waals surface area contributed by atoms with Gasteiger partial charge in [-0.15, -0.1) is 0 Å². The highest BCUT2D eigenvalue weighted by Gasteiger charge is 2.36. The number of aryl methyl sites for hydroxylation is 1. The molecule has 2 aromatic carbocycles. The third-order valence-corrected chi connectivity index (χ3v) is 7.92. The molecule has 0 aromatic heterocycles. The van der Waals surface area contributed by atoms with Crippen LogP contribution in [-0.4, -0.2) is 46.4 Å². The van der Waals surface area contributed by atoms with E-state index in [2.05, 4.69) is 15.1 Å². The molecule has 8 nitrogen and oxygen atoms in total. The Hall–Kier alpha value is -2.53. The number of carbonyl (C=O) groups is 1. The molecule has 2 aliphatic heterocycles. The van der Waals surface area contributed by atoms with E-state index in [0.29, 0.717) is 26.0 Å². The molecule has 0 radical (unpaired) electrons. The molecule has 2 aliphatic rings. The summed E-state index contributed by atoms with van der Waals surface area (Å²) in [6, 6.07) is 12.3. The van der Waals surface area contributed by atoms with E-state index >= 15 is 0 Å². The fourth-order valence-electron chi connectivity index (χ4n) is 4.53. The van der Waals surface area contributed by atoms with E-state index in [9.17, 15) is 17.6 Å². The van der Waals surface area contributed by atoms with Gasteiger partial charge in [-0.25, -0.2) is 23.1 Å². The summed E-state index contributed by atoms with van der Waals surface area (Å²) in [6.45, 7) is 3.35. The first kappa shape index (κ1) is 25.6. The van der Waals surface area contributed by atoms with Crippen molar-refractivity contribution in [1.82, 2.24) is 10.2 Å². The van der Waals surface area contributed by atoms with Gasteiger partial charge in [0.05, 0.1) is 4.90 Å². The number of nitrogens with zero attached hydrogens (tertiary/aromatic N) is 1. The predicted molar refractivity (Wildman–Crippen MR) is 129 cm³/mol. The van der Waals surface area contributed by atoms with Crippen molar-refractivity contribution in [2.24, 2.45) is 5.92 Å². The maximum absolute atomic E-state index is 13.7. The van der Waals surface area contributed by atoms with Crippen LogP contribution in [0.2, 0.25) is 0 Å². The van der Waals surface area contributed by atoms with Crippen molar-refractivity contribution in [3.8, 4) is 0 Å². The Labute approximate surface area is 205 Å². The molecule has 10 heteroatoms. The topological polar surface area (TPSA) is 97.0 Å². The first-order valence-electron chi connectivity index (χ1n) is 12.0. The SMILES string of the molecule is Cc1cc(S(=O)(=O)NC(C(=O)NOC2CCCCO2)C2CCCN(c3ccccc3)C2)ccc1F. The van der Waals surface area contributed by atoms with Crippen LogP contribution >= 0.6 is 0 Å². The van der Waals surface area contributed by atoms with Crippen LogP contribution in [0.1, 0.15) is 37.7 Å². The van der Waals surface area contributed by atoms with Crippen LogP contribution in [0.25, 0.3) is 0 Å². The minimum atomic E-state index is -4.10. The Bertz CT molecular complexity index is 1110. The van der Waals surface area contributed by atoms with Crippen molar-refractivity contribution in [2.75, 3.05) is 24.6 Å². The van der Waals surface area contributed by atoms with Gasteiger partial charge in [0, 0.05) is 37.7 Å². The summed E-state index contributed by atoms with van der Waals surface area (Å²) >= 11 is 0. The minimum Gasteiger partial charge on any atom is -0.371 e. The summed E-state index contributed by atoms with van der Waals surface area (Å²) in [7, 11) is -4.10. The molecule has 2 aromatic rings. The zero-order chi connectivity index (χ0) is 24.8. The van der Waals surface area contributed by atoms with Gasteiger partial charge in [0.25, 0.3) is 5.91 Å². The van der Waals surface area contributed by atoms with Crippen LogP contribution in [-0.2, 0) is 24.4 Å². The summed E-state index contributed by atoms with van der Waals surface area (Å²) in [5.74, 6) is -1.39. The number of anilines is 1. The lowest BCUT2D eigenvalue weighted by Gasteiger charge is -2.37. The summed E-state index contributed by atoms with van der Waals surface area (Å²) in [5.41, 5.74) is 3.65. The lowest BCUT2D eigenvalue weighted by atomic mass is 9.90. The molecule has 35 heavy (non-hydrogen) atoms. The molecule has 4 rings (SSSR count). The van der Waals surface area contributed by atoms with Crippen molar-refractivity contribution < 1.29 is 27.2 Å². The fraction of sp³-hybridized carbons (Fsp3) is 0.480. The number of hydrogen-bond donors (Lipinski definition) is 2. The van der Waals surface area contributed by atoms with Crippen molar-refractivity contribution in [3.63, 3.8) is 0 Å². The number of hydroxylamine groups is 1. The number of rotatable bonds is 8. The van der Waals surface area contributed by atoms with E-state index in [-0.39, 0.29) is 16.4 Å². The van der Waals surface area contributed by atoms with Gasteiger partial charge >= 0.3 is 0 Å². The average molecular weight is 506 g/mol. The van der Waals surface area contributed by atoms with Crippen LogP contribution in [0, 0.1) is 18.7 Å². The van der Waals surface area contributed by atoms with Crippen molar-refractivity contribution in [1.29, 1.82) is 0 Å². The molecule has 2 saturated heterocycles. The highest BCUT2D eigenvalue weighted by Crippen LogP contribution is 2.26. The monoisotopic (exact) mass is 505 g/mol. The zero-order valence-corrected chi connectivity index (χ0v) is 20.6. The van der Waals surface area contributed by atoms with Gasteiger partial charge < -0.3 is 9.64 Å². The van der Waals surface area contributed by atoms with Gasteiger partial charge in [-0.2, -0.15) is 4.72 Å². The first-order valence-corrected chi connectivity index (χ1v) is 13.5. The number of benzene rings is 2. The van der Waals surface area contributed by atoms with Crippen LogP contribution in [0.4, 0.5) is 10.1 Å². The molecular weight excluding hydrogens is 473 g/mol. The molecule has 2 heterocycles. The van der Waals surface area contributed by atoms with E-state index < -0.39 is 34.1 Å². The van der Waals surface area contributed by atoms with Gasteiger partial charge in [-0.1, -0.05) is 18.2 Å². The molecule has 3 atom stereocenters. The summed E-state index contributed by atoms with van der Waals surface area (Å²) in [6.07, 6.45) is 3.41. The zero-order valence-electron chi connectivity index (χ0n) is 19.8. The number of hydrogen-bond acceptors (Lipinski definition) is 6. The van der Waals surface area contributed by atoms with E-state index in [1.165, 1.54) is 19.1 Å². The highest BCUT2D eigenvalue weighted by atomic mass is 32.2. The summed E-state index contributed by atoms with van der Waals surface area (Å²) in [5, 5.41) is 0. The second kappa shape index (κ2) is 11.5. The molecule has 2 fully saturated rings. The Balaban J connectivity index is 1.54. The summed E-state index contributed by atoms with van der Waals surface area (Å²) in [4.78, 5) is 20.8. The molecular formula is C25H32FN3O5S. The van der Waals surface area contributed by atoms with Crippen LogP contribution in [0.5, 0.6) is 0 Å². The summed E-state index contributed by atoms with van der Waals surface area (Å²) < 4.78 is 48.3. The van der Waals surface area contributed by atoms with Crippen molar-refractivity contribution in [3.05, 3.63) is 59.9 Å². The second-order valence-corrected chi connectivity index (χ2v) is 10.8. The molecule has 0 saturated carbocycles. The molecule has 2 N–H and O–H groups in total. The third kappa shape index (κ3) is 6.58. The van der Waals surface area contributed by atoms with Gasteiger partial charge in [-0.3, -0.25) is 4.79 Å². The number of para-hydroxylation sites is 1. The molecule has 0 spiro atoms. The number of ether oxygens (including phenoxy) is 1. The Morgan fingerprint density at radius 2 is 1.94 bits per heavy atom. The third-order valence-electron chi connectivity index (χ3n) is 6.48. The first-order chi connectivity index (χ1) is 16.8. The molecule has 1 amide bonds. The van der Waals surface area contributed by atoms with Crippen LogP contribution in [0.3, 0.4) is 0 Å². The lowest BCUT2D eigenvalue weighted by molar-refractivity contribution is -0.201. The molecule has 190 valence electrons. The quantitative estimate of drug-likeness (QED) is 0.535. The van der Waals surface area contributed by atoms with Gasteiger partial charge in [0.2, 0.25) is 10.0 Å². The Kier molecular flexibility index (Phi) is 8.38. The average Bonchev–Trinajstić information content (AvgIpc) is 2.88. The number of carbonyl (C=O) groups excluding carboxylic acids is 1. The normalized spacial score (nSPS) is 21.9. The predicted octanol–water partition coefficient (Wildman–Crippen LogP) is 3.27. The lowest BCUT2D eigenvalue weighted by Crippen LogP contribution is -2.55. The van der Waals surface area contributed by atoms with Gasteiger partial charge in [0.1, 0.15) is 11.9 Å². The van der Waals surface area contributed by atoms with Gasteiger partial charge in [0.15, 0.2) is 6.29 Å². The second-order valence-electron chi connectivity index (χ2n) is 9.07.